The Kier molecular flexibility index (Phi) is 3.05. The summed E-state index contributed by atoms with van der Waals surface area (Å²) in [6, 6.07) is 14.3. The van der Waals surface area contributed by atoms with Gasteiger partial charge in [0.05, 0.1) is 0 Å². The molecule has 0 unspecified atom stereocenters. The van der Waals surface area contributed by atoms with E-state index in [-0.39, 0.29) is 0 Å². The second kappa shape index (κ2) is 4.50. The zero-order valence-electron chi connectivity index (χ0n) is 10.1. The molecular formula is C15H15NO. The van der Waals surface area contributed by atoms with E-state index in [0.717, 1.165) is 5.56 Å². The molecule has 0 N–H and O–H groups in total. The molecule has 0 aromatic rings. The maximum absolute atomic E-state index is 10.6. The first-order valence-corrected chi connectivity index (χ1v) is 5.64. The standard InChI is InChI=1S/C15H15NO/c1-15(2,16-17)11-10-13-7-4-3-6-12-8-5-9-14(12)13/h3-11H,1-2H3/b11-10+. The molecule has 2 aliphatic carbocycles. The van der Waals surface area contributed by atoms with Crippen molar-refractivity contribution in [3.63, 3.8) is 0 Å². The third kappa shape index (κ3) is 2.59. The summed E-state index contributed by atoms with van der Waals surface area (Å²) in [4.78, 5) is 10.6. The molecule has 2 nitrogen and oxygen atoms in total. The predicted molar refractivity (Wildman–Crippen MR) is 72.0 cm³/mol. The molecule has 0 atom stereocenters. The second-order valence-corrected chi connectivity index (χ2v) is 4.65. The van der Waals surface area contributed by atoms with Crippen molar-refractivity contribution < 1.29 is 0 Å². The molecule has 0 aliphatic heterocycles. The van der Waals surface area contributed by atoms with Crippen LogP contribution in [0.5, 0.6) is 0 Å². The summed E-state index contributed by atoms with van der Waals surface area (Å²) < 4.78 is 0. The van der Waals surface area contributed by atoms with E-state index >= 15 is 0 Å². The lowest BCUT2D eigenvalue weighted by Crippen LogP contribution is -2.10. The lowest BCUT2D eigenvalue weighted by Gasteiger charge is -2.08. The van der Waals surface area contributed by atoms with Crippen LogP contribution in [0.15, 0.2) is 53.7 Å². The van der Waals surface area contributed by atoms with E-state index in [1.807, 2.05) is 36.4 Å². The number of nitrogens with zero attached hydrogens (tertiary/aromatic N) is 1. The number of fused-ring (bicyclic) bond motifs is 1. The number of hydrogen-bond acceptors (Lipinski definition) is 2. The van der Waals surface area contributed by atoms with Gasteiger partial charge in [-0.3, -0.25) is 0 Å². The summed E-state index contributed by atoms with van der Waals surface area (Å²) in [5.74, 6) is 0. The van der Waals surface area contributed by atoms with Crippen LogP contribution in [-0.4, -0.2) is 5.54 Å². The first-order valence-electron chi connectivity index (χ1n) is 5.64. The quantitative estimate of drug-likeness (QED) is 0.714. The first-order chi connectivity index (χ1) is 8.12. The van der Waals surface area contributed by atoms with Gasteiger partial charge in [-0.25, -0.2) is 0 Å². The molecule has 0 aromatic heterocycles. The molecule has 0 heterocycles. The van der Waals surface area contributed by atoms with Crippen LogP contribution in [0.1, 0.15) is 19.4 Å². The Balaban J connectivity index is 2.42. The van der Waals surface area contributed by atoms with Crippen molar-refractivity contribution in [1.29, 1.82) is 0 Å². The molecule has 2 rings (SSSR count). The Bertz CT molecular complexity index is 528. The number of rotatable bonds is 3. The van der Waals surface area contributed by atoms with E-state index in [1.165, 1.54) is 11.1 Å². The summed E-state index contributed by atoms with van der Waals surface area (Å²) in [7, 11) is 0. The van der Waals surface area contributed by atoms with Gasteiger partial charge in [0.25, 0.3) is 0 Å². The molecule has 0 saturated carbocycles. The van der Waals surface area contributed by atoms with Crippen LogP contribution >= 0.6 is 0 Å². The molecule has 0 spiro atoms. The topological polar surface area (TPSA) is 29.4 Å². The van der Waals surface area contributed by atoms with Gasteiger partial charge in [0, 0.05) is 0 Å². The van der Waals surface area contributed by atoms with Crippen LogP contribution in [0, 0.1) is 4.91 Å². The summed E-state index contributed by atoms with van der Waals surface area (Å²) in [6.45, 7) is 3.59. The van der Waals surface area contributed by atoms with Gasteiger partial charge in [0.15, 0.2) is 0 Å². The van der Waals surface area contributed by atoms with Gasteiger partial charge in [-0.2, -0.15) is 0 Å². The molecule has 86 valence electrons. The molecule has 0 amide bonds. The van der Waals surface area contributed by atoms with Crippen LogP contribution in [0.3, 0.4) is 0 Å². The summed E-state index contributed by atoms with van der Waals surface area (Å²) in [6.07, 6.45) is 3.80. The number of nitroso groups, excluding NO2 is 1. The van der Waals surface area contributed by atoms with Crippen molar-refractivity contribution in [3.8, 4) is 11.1 Å². The Morgan fingerprint density at radius 3 is 2.53 bits per heavy atom. The van der Waals surface area contributed by atoms with Crippen molar-refractivity contribution in [1.82, 2.24) is 0 Å². The maximum atomic E-state index is 10.6. The first kappa shape index (κ1) is 11.5. The molecule has 0 radical (unpaired) electrons. The predicted octanol–water partition coefficient (Wildman–Crippen LogP) is 4.35. The van der Waals surface area contributed by atoms with Crippen molar-refractivity contribution in [3.05, 3.63) is 59.0 Å². The maximum Gasteiger partial charge on any atom is 0.115 e. The number of hydrogen-bond donors (Lipinski definition) is 0. The highest BCUT2D eigenvalue weighted by atomic mass is 16.3. The minimum Gasteiger partial charge on any atom is -0.150 e. The average Bonchev–Trinajstić information content (AvgIpc) is 2.69. The van der Waals surface area contributed by atoms with Crippen molar-refractivity contribution in [2.24, 2.45) is 5.18 Å². The third-order valence-electron chi connectivity index (χ3n) is 2.73. The lowest BCUT2D eigenvalue weighted by atomic mass is 10.0. The van der Waals surface area contributed by atoms with Gasteiger partial charge in [0.1, 0.15) is 5.54 Å². The highest BCUT2D eigenvalue weighted by molar-refractivity contribution is 5.76. The highest BCUT2D eigenvalue weighted by Crippen LogP contribution is 2.27. The van der Waals surface area contributed by atoms with Crippen molar-refractivity contribution in [2.45, 2.75) is 19.4 Å². The molecular weight excluding hydrogens is 210 g/mol. The van der Waals surface area contributed by atoms with Crippen LogP contribution in [-0.2, 0) is 0 Å². The van der Waals surface area contributed by atoms with Crippen LogP contribution in [0.25, 0.3) is 17.2 Å². The van der Waals surface area contributed by atoms with Crippen LogP contribution in [0.4, 0.5) is 0 Å². The molecule has 0 bridgehead atoms. The van der Waals surface area contributed by atoms with Crippen LogP contribution in [0.2, 0.25) is 0 Å². The normalized spacial score (nSPS) is 12.1. The average molecular weight is 225 g/mol. The Morgan fingerprint density at radius 1 is 1.06 bits per heavy atom. The largest absolute Gasteiger partial charge is 0.150 e. The molecule has 0 aromatic carbocycles. The molecule has 17 heavy (non-hydrogen) atoms. The van der Waals surface area contributed by atoms with Crippen molar-refractivity contribution in [2.75, 3.05) is 0 Å². The van der Waals surface area contributed by atoms with E-state index in [0.29, 0.717) is 0 Å². The Morgan fingerprint density at radius 2 is 1.76 bits per heavy atom. The zero-order valence-corrected chi connectivity index (χ0v) is 10.1. The second-order valence-electron chi connectivity index (χ2n) is 4.65. The monoisotopic (exact) mass is 225 g/mol. The Labute approximate surface area is 101 Å². The van der Waals surface area contributed by atoms with E-state index in [1.54, 1.807) is 13.8 Å². The minimum absolute atomic E-state index is 0.659. The fraction of sp³-hybridized carbons (Fsp3) is 0.200. The molecule has 0 fully saturated rings. The highest BCUT2D eigenvalue weighted by Gasteiger charge is 2.13. The van der Waals surface area contributed by atoms with Gasteiger partial charge in [0.2, 0.25) is 0 Å². The van der Waals surface area contributed by atoms with Gasteiger partial charge in [-0.05, 0) is 30.5 Å². The summed E-state index contributed by atoms with van der Waals surface area (Å²) in [5.41, 5.74) is 2.83. The molecule has 0 saturated heterocycles. The van der Waals surface area contributed by atoms with E-state index in [9.17, 15) is 4.91 Å². The SMILES string of the molecule is CC(C)(/C=C/c1ccccc2cccc1-2)N=O. The smallest absolute Gasteiger partial charge is 0.115 e. The zero-order chi connectivity index (χ0) is 12.3. The van der Waals surface area contributed by atoms with Gasteiger partial charge >= 0.3 is 0 Å². The van der Waals surface area contributed by atoms with Gasteiger partial charge in [-0.15, -0.1) is 4.91 Å². The minimum atomic E-state index is -0.659. The van der Waals surface area contributed by atoms with E-state index in [2.05, 4.69) is 23.4 Å². The Hall–Kier alpha value is -1.96. The summed E-state index contributed by atoms with van der Waals surface area (Å²) in [5, 5.41) is 3.08. The molecule has 2 aliphatic rings. The van der Waals surface area contributed by atoms with E-state index < -0.39 is 5.54 Å². The third-order valence-corrected chi connectivity index (χ3v) is 2.73. The van der Waals surface area contributed by atoms with E-state index in [4.69, 9.17) is 0 Å². The summed E-state index contributed by atoms with van der Waals surface area (Å²) >= 11 is 0. The van der Waals surface area contributed by atoms with Crippen LogP contribution < -0.4 is 0 Å². The molecule has 2 heteroatoms. The van der Waals surface area contributed by atoms with Gasteiger partial charge < -0.3 is 0 Å². The lowest BCUT2D eigenvalue weighted by molar-refractivity contribution is 0.654. The van der Waals surface area contributed by atoms with Crippen molar-refractivity contribution >= 4 is 6.08 Å². The fourth-order valence-electron chi connectivity index (χ4n) is 1.72. The van der Waals surface area contributed by atoms with Gasteiger partial charge in [-0.1, -0.05) is 59.8 Å². The fourth-order valence-corrected chi connectivity index (χ4v) is 1.72.